The number of carbonyl (C=O) groups excluding carboxylic acids is 2. The van der Waals surface area contributed by atoms with E-state index < -0.39 is 0 Å². The number of nitrogens with one attached hydrogen (secondary N) is 1. The number of hydrogen-bond donors (Lipinski definition) is 2. The molecule has 1 aromatic rings. The Morgan fingerprint density at radius 2 is 1.65 bits per heavy atom. The molecule has 0 aliphatic carbocycles. The van der Waals surface area contributed by atoms with Gasteiger partial charge in [-0.1, -0.05) is 18.2 Å². The van der Waals surface area contributed by atoms with Gasteiger partial charge in [0.05, 0.1) is 6.54 Å². The van der Waals surface area contributed by atoms with Crippen LogP contribution >= 0.6 is 24.8 Å². The molecule has 1 atom stereocenters. The summed E-state index contributed by atoms with van der Waals surface area (Å²) in [6.45, 7) is 8.91. The van der Waals surface area contributed by atoms with Crippen molar-refractivity contribution >= 4 is 42.3 Å². The summed E-state index contributed by atoms with van der Waals surface area (Å²) in [5.41, 5.74) is 8.71. The topological polar surface area (TPSA) is 78.7 Å². The highest BCUT2D eigenvalue weighted by Gasteiger charge is 2.23. The molecule has 1 fully saturated rings. The SMILES string of the molecule is Cc1cccc(C)c1NC(=O)CN1CCN(C(=O)CC(C)N)CC1.Cl.Cl. The molecule has 2 amide bonds. The van der Waals surface area contributed by atoms with E-state index in [-0.39, 0.29) is 42.7 Å². The van der Waals surface area contributed by atoms with Crippen LogP contribution < -0.4 is 11.1 Å². The van der Waals surface area contributed by atoms with Crippen LogP contribution in [0.25, 0.3) is 0 Å². The van der Waals surface area contributed by atoms with Crippen LogP contribution in [0.2, 0.25) is 0 Å². The summed E-state index contributed by atoms with van der Waals surface area (Å²) in [6.07, 6.45) is 0.382. The van der Waals surface area contributed by atoms with Gasteiger partial charge in [0.1, 0.15) is 0 Å². The Morgan fingerprint density at radius 1 is 1.12 bits per heavy atom. The van der Waals surface area contributed by atoms with Crippen molar-refractivity contribution in [2.45, 2.75) is 33.2 Å². The summed E-state index contributed by atoms with van der Waals surface area (Å²) < 4.78 is 0. The third-order valence-electron chi connectivity index (χ3n) is 4.33. The molecule has 0 radical (unpaired) electrons. The summed E-state index contributed by atoms with van der Waals surface area (Å²) in [7, 11) is 0. The van der Waals surface area contributed by atoms with Gasteiger partial charge in [-0.3, -0.25) is 14.5 Å². The summed E-state index contributed by atoms with van der Waals surface area (Å²) in [5.74, 6) is 0.0902. The first-order valence-corrected chi connectivity index (χ1v) is 8.48. The van der Waals surface area contributed by atoms with Gasteiger partial charge in [-0.25, -0.2) is 0 Å². The number of amides is 2. The van der Waals surface area contributed by atoms with Crippen LogP contribution in [0.3, 0.4) is 0 Å². The minimum atomic E-state index is -0.112. The molecule has 3 N–H and O–H groups in total. The lowest BCUT2D eigenvalue weighted by molar-refractivity contribution is -0.133. The standard InChI is InChI=1S/C18H28N4O2.2ClH/c1-13-5-4-6-14(2)18(13)20-16(23)12-21-7-9-22(10-8-21)17(24)11-15(3)19;;/h4-6,15H,7-12,19H2,1-3H3,(H,20,23);2*1H. The van der Waals surface area contributed by atoms with E-state index >= 15 is 0 Å². The number of rotatable bonds is 5. The van der Waals surface area contributed by atoms with Crippen molar-refractivity contribution in [2.24, 2.45) is 5.73 Å². The quantitative estimate of drug-likeness (QED) is 0.785. The van der Waals surface area contributed by atoms with E-state index in [1.165, 1.54) is 0 Å². The fraction of sp³-hybridized carbons (Fsp3) is 0.556. The number of aryl methyl sites for hydroxylation is 2. The number of hydrogen-bond acceptors (Lipinski definition) is 4. The minimum absolute atomic E-state index is 0. The smallest absolute Gasteiger partial charge is 0.238 e. The van der Waals surface area contributed by atoms with Crippen LogP contribution in [0.4, 0.5) is 5.69 Å². The normalized spacial score (nSPS) is 15.5. The second-order valence-corrected chi connectivity index (χ2v) is 6.65. The average molecular weight is 405 g/mol. The number of anilines is 1. The predicted molar refractivity (Wildman–Crippen MR) is 110 cm³/mol. The maximum Gasteiger partial charge on any atom is 0.238 e. The Balaban J connectivity index is 0.00000312. The molecule has 26 heavy (non-hydrogen) atoms. The third kappa shape index (κ3) is 7.11. The predicted octanol–water partition coefficient (Wildman–Crippen LogP) is 1.97. The minimum Gasteiger partial charge on any atom is -0.340 e. The lowest BCUT2D eigenvalue weighted by Crippen LogP contribution is -2.51. The van der Waals surface area contributed by atoms with Crippen molar-refractivity contribution in [2.75, 3.05) is 38.0 Å². The second kappa shape index (κ2) is 11.4. The maximum absolute atomic E-state index is 12.3. The number of nitrogens with two attached hydrogens (primary N) is 1. The van der Waals surface area contributed by atoms with E-state index in [2.05, 4.69) is 10.2 Å². The molecule has 1 heterocycles. The number of benzene rings is 1. The van der Waals surface area contributed by atoms with Gasteiger partial charge in [-0.05, 0) is 31.9 Å². The average Bonchev–Trinajstić information content (AvgIpc) is 2.51. The Bertz CT molecular complexity index is 583. The highest BCUT2D eigenvalue weighted by Crippen LogP contribution is 2.19. The third-order valence-corrected chi connectivity index (χ3v) is 4.33. The van der Waals surface area contributed by atoms with Crippen molar-refractivity contribution in [1.29, 1.82) is 0 Å². The van der Waals surface area contributed by atoms with Gasteiger partial charge in [-0.15, -0.1) is 24.8 Å². The Hall–Kier alpha value is -1.34. The van der Waals surface area contributed by atoms with E-state index in [1.807, 2.05) is 43.9 Å². The van der Waals surface area contributed by atoms with Crippen LogP contribution in [0.15, 0.2) is 18.2 Å². The first kappa shape index (κ1) is 24.7. The van der Waals surface area contributed by atoms with Crippen molar-refractivity contribution in [3.63, 3.8) is 0 Å². The lowest BCUT2D eigenvalue weighted by Gasteiger charge is -2.34. The van der Waals surface area contributed by atoms with Crippen molar-refractivity contribution in [3.05, 3.63) is 29.3 Å². The van der Waals surface area contributed by atoms with Gasteiger partial charge in [0, 0.05) is 44.3 Å². The Kier molecular flexibility index (Phi) is 10.8. The number of piperazine rings is 1. The molecule has 1 aliphatic heterocycles. The van der Waals surface area contributed by atoms with Gasteiger partial charge in [0.2, 0.25) is 11.8 Å². The van der Waals surface area contributed by atoms with Gasteiger partial charge in [-0.2, -0.15) is 0 Å². The molecule has 0 saturated carbocycles. The summed E-state index contributed by atoms with van der Waals surface area (Å²) in [4.78, 5) is 28.2. The summed E-state index contributed by atoms with van der Waals surface area (Å²) in [5, 5.41) is 3.01. The van der Waals surface area contributed by atoms with E-state index in [9.17, 15) is 9.59 Å². The lowest BCUT2D eigenvalue weighted by atomic mass is 10.1. The Labute approximate surface area is 168 Å². The van der Waals surface area contributed by atoms with E-state index in [0.29, 0.717) is 39.1 Å². The molecular weight excluding hydrogens is 375 g/mol. The summed E-state index contributed by atoms with van der Waals surface area (Å²) >= 11 is 0. The number of para-hydroxylation sites is 1. The van der Waals surface area contributed by atoms with E-state index in [4.69, 9.17) is 5.73 Å². The molecule has 1 aromatic carbocycles. The van der Waals surface area contributed by atoms with Crippen molar-refractivity contribution in [1.82, 2.24) is 9.80 Å². The molecule has 1 aliphatic rings. The van der Waals surface area contributed by atoms with Crippen molar-refractivity contribution in [3.8, 4) is 0 Å². The molecule has 2 rings (SSSR count). The second-order valence-electron chi connectivity index (χ2n) is 6.65. The number of carbonyl (C=O) groups is 2. The molecule has 0 spiro atoms. The first-order valence-electron chi connectivity index (χ1n) is 8.48. The molecule has 0 bridgehead atoms. The molecule has 1 unspecified atom stereocenters. The Morgan fingerprint density at radius 3 is 2.15 bits per heavy atom. The largest absolute Gasteiger partial charge is 0.340 e. The molecule has 0 aromatic heterocycles. The van der Waals surface area contributed by atoms with Gasteiger partial charge in [0.25, 0.3) is 0 Å². The van der Waals surface area contributed by atoms with Crippen LogP contribution in [-0.4, -0.2) is 60.4 Å². The van der Waals surface area contributed by atoms with Gasteiger partial charge in [0.15, 0.2) is 0 Å². The summed E-state index contributed by atoms with van der Waals surface area (Å²) in [6, 6.07) is 5.86. The molecule has 148 valence electrons. The monoisotopic (exact) mass is 404 g/mol. The fourth-order valence-electron chi connectivity index (χ4n) is 2.95. The van der Waals surface area contributed by atoms with E-state index in [0.717, 1.165) is 16.8 Å². The fourth-order valence-corrected chi connectivity index (χ4v) is 2.95. The van der Waals surface area contributed by atoms with Crippen LogP contribution in [-0.2, 0) is 9.59 Å². The van der Waals surface area contributed by atoms with Crippen molar-refractivity contribution < 1.29 is 9.59 Å². The number of nitrogens with zero attached hydrogens (tertiary/aromatic N) is 2. The van der Waals surface area contributed by atoms with E-state index in [1.54, 1.807) is 0 Å². The van der Waals surface area contributed by atoms with Crippen LogP contribution in [0.5, 0.6) is 0 Å². The first-order chi connectivity index (χ1) is 11.4. The number of halogens is 2. The van der Waals surface area contributed by atoms with Crippen LogP contribution in [0.1, 0.15) is 24.5 Å². The maximum atomic E-state index is 12.3. The molecular formula is C18H30Cl2N4O2. The highest BCUT2D eigenvalue weighted by molar-refractivity contribution is 5.93. The van der Waals surface area contributed by atoms with Crippen LogP contribution in [0, 0.1) is 13.8 Å². The zero-order valence-electron chi connectivity index (χ0n) is 15.7. The zero-order valence-corrected chi connectivity index (χ0v) is 17.3. The zero-order chi connectivity index (χ0) is 17.7. The van der Waals surface area contributed by atoms with Gasteiger partial charge < -0.3 is 16.0 Å². The van der Waals surface area contributed by atoms with Gasteiger partial charge >= 0.3 is 0 Å². The molecule has 1 saturated heterocycles. The molecule has 8 heteroatoms. The highest BCUT2D eigenvalue weighted by atomic mass is 35.5. The molecule has 6 nitrogen and oxygen atoms in total.